The van der Waals surface area contributed by atoms with Gasteiger partial charge in [-0.3, -0.25) is 14.5 Å². The van der Waals surface area contributed by atoms with Gasteiger partial charge in [-0.25, -0.2) is 14.4 Å². The summed E-state index contributed by atoms with van der Waals surface area (Å²) in [6.45, 7) is 10.1. The van der Waals surface area contributed by atoms with Crippen molar-refractivity contribution in [3.05, 3.63) is 67.3 Å². The molecule has 1 aliphatic heterocycles. The number of thiol groups is 1. The largest absolute Gasteiger partial charge is 0.480 e. The van der Waals surface area contributed by atoms with E-state index in [0.29, 0.717) is 0 Å². The Morgan fingerprint density at radius 3 is 1.97 bits per heavy atom. The SMILES string of the molecule is C=CCOC(=O)c1cc(NC(=O)[C@@H]2C[C@H](C(S)C(=O)O)CN2C(=O)OCC=C)cc(C(=O)OCC=C)c1. The fourth-order valence-corrected chi connectivity index (χ4v) is 3.78. The molecule has 0 radical (unpaired) electrons. The molecule has 198 valence electrons. The first kappa shape index (κ1) is 29.2. The van der Waals surface area contributed by atoms with E-state index in [0.717, 1.165) is 4.90 Å². The van der Waals surface area contributed by atoms with Crippen LogP contribution in [0.15, 0.2) is 56.2 Å². The summed E-state index contributed by atoms with van der Waals surface area (Å²) in [7, 11) is 0. The van der Waals surface area contributed by atoms with Crippen molar-refractivity contribution in [1.29, 1.82) is 0 Å². The topological polar surface area (TPSA) is 149 Å². The molecule has 1 fully saturated rings. The van der Waals surface area contributed by atoms with Crippen molar-refractivity contribution >= 4 is 48.2 Å². The highest BCUT2D eigenvalue weighted by atomic mass is 32.1. The van der Waals surface area contributed by atoms with Gasteiger partial charge >= 0.3 is 24.0 Å². The quantitative estimate of drug-likeness (QED) is 0.160. The van der Waals surface area contributed by atoms with Crippen molar-refractivity contribution in [1.82, 2.24) is 4.90 Å². The number of hydrogen-bond acceptors (Lipinski definition) is 9. The van der Waals surface area contributed by atoms with Crippen LogP contribution in [0.2, 0.25) is 0 Å². The molecule has 1 unspecified atom stereocenters. The van der Waals surface area contributed by atoms with Gasteiger partial charge in [-0.2, -0.15) is 12.6 Å². The van der Waals surface area contributed by atoms with Crippen molar-refractivity contribution in [2.24, 2.45) is 5.92 Å². The molecule has 3 atom stereocenters. The van der Waals surface area contributed by atoms with Crippen molar-refractivity contribution < 1.29 is 43.3 Å². The molecule has 1 heterocycles. The van der Waals surface area contributed by atoms with Gasteiger partial charge in [0.1, 0.15) is 31.1 Å². The average Bonchev–Trinajstić information content (AvgIpc) is 3.33. The normalized spacial score (nSPS) is 17.2. The Balaban J connectivity index is 2.36. The Morgan fingerprint density at radius 2 is 1.49 bits per heavy atom. The zero-order valence-electron chi connectivity index (χ0n) is 20.0. The highest BCUT2D eigenvalue weighted by Crippen LogP contribution is 2.30. The number of likely N-dealkylation sites (tertiary alicyclic amines) is 1. The molecule has 2 N–H and O–H groups in total. The first-order valence-corrected chi connectivity index (χ1v) is 11.6. The molecule has 0 aliphatic carbocycles. The average molecular weight is 533 g/mol. The van der Waals surface area contributed by atoms with Gasteiger partial charge in [0, 0.05) is 18.2 Å². The molecule has 1 aromatic rings. The van der Waals surface area contributed by atoms with E-state index in [-0.39, 0.29) is 49.6 Å². The summed E-state index contributed by atoms with van der Waals surface area (Å²) in [4.78, 5) is 63.2. The lowest BCUT2D eigenvalue weighted by atomic mass is 10.0. The molecule has 12 heteroatoms. The standard InChI is InChI=1S/C25H28N2O9S/c1-4-7-34-23(31)15-10-16(24(32)35-8-5-2)12-18(11-15)26-21(28)19-13-17(20(37)22(29)30)14-27(19)25(33)36-9-6-3/h4-6,10-12,17,19-20,37H,1-3,7-9,13-14H2,(H,26,28)(H,29,30)/t17-,19-,20?/m0/s1. The first-order chi connectivity index (χ1) is 17.6. The maximum Gasteiger partial charge on any atom is 0.410 e. The zero-order valence-corrected chi connectivity index (χ0v) is 20.9. The molecule has 1 aliphatic rings. The van der Waals surface area contributed by atoms with Gasteiger partial charge in [0.25, 0.3) is 0 Å². The van der Waals surface area contributed by atoms with Gasteiger partial charge in [0.05, 0.1) is 11.1 Å². The maximum absolute atomic E-state index is 13.2. The van der Waals surface area contributed by atoms with Gasteiger partial charge in [-0.05, 0) is 24.6 Å². The number of carboxylic acid groups (broad SMARTS) is 1. The Bertz CT molecular complexity index is 1050. The Labute approximate surface area is 219 Å². The summed E-state index contributed by atoms with van der Waals surface area (Å²) in [6.07, 6.45) is 3.24. The summed E-state index contributed by atoms with van der Waals surface area (Å²) in [5, 5.41) is 10.8. The van der Waals surface area contributed by atoms with Crippen LogP contribution >= 0.6 is 12.6 Å². The van der Waals surface area contributed by atoms with E-state index in [1.54, 1.807) is 0 Å². The molecular weight excluding hydrogens is 504 g/mol. The number of esters is 2. The molecule has 1 aromatic carbocycles. The van der Waals surface area contributed by atoms with Crippen molar-refractivity contribution in [2.45, 2.75) is 17.7 Å². The predicted octanol–water partition coefficient (Wildman–Crippen LogP) is 2.71. The van der Waals surface area contributed by atoms with Crippen LogP contribution in [0.25, 0.3) is 0 Å². The molecule has 11 nitrogen and oxygen atoms in total. The Kier molecular flexibility index (Phi) is 10.9. The minimum Gasteiger partial charge on any atom is -0.480 e. The van der Waals surface area contributed by atoms with Gasteiger partial charge in [-0.1, -0.05) is 38.0 Å². The van der Waals surface area contributed by atoms with Crippen LogP contribution in [0.3, 0.4) is 0 Å². The van der Waals surface area contributed by atoms with Gasteiger partial charge in [-0.15, -0.1) is 0 Å². The number of rotatable bonds is 12. The molecule has 2 rings (SSSR count). The van der Waals surface area contributed by atoms with Crippen LogP contribution in [0, 0.1) is 5.92 Å². The molecule has 0 bridgehead atoms. The molecule has 0 saturated carbocycles. The highest BCUT2D eigenvalue weighted by molar-refractivity contribution is 7.81. The van der Waals surface area contributed by atoms with Crippen molar-refractivity contribution in [3.8, 4) is 0 Å². The van der Waals surface area contributed by atoms with Crippen molar-refractivity contribution in [3.63, 3.8) is 0 Å². The summed E-state index contributed by atoms with van der Waals surface area (Å²) in [6, 6.07) is 2.72. The van der Waals surface area contributed by atoms with E-state index >= 15 is 0 Å². The number of ether oxygens (including phenoxy) is 3. The van der Waals surface area contributed by atoms with E-state index in [4.69, 9.17) is 14.2 Å². The Hall–Kier alpha value is -4.06. The molecule has 37 heavy (non-hydrogen) atoms. The van der Waals surface area contributed by atoms with E-state index < -0.39 is 47.1 Å². The minimum absolute atomic E-state index is 0.00914. The molecule has 2 amide bonds. The van der Waals surface area contributed by atoms with Gasteiger partial charge < -0.3 is 24.6 Å². The summed E-state index contributed by atoms with van der Waals surface area (Å²) < 4.78 is 15.1. The third-order valence-electron chi connectivity index (χ3n) is 5.23. The van der Waals surface area contributed by atoms with Crippen LogP contribution in [-0.2, 0) is 23.8 Å². The first-order valence-electron chi connectivity index (χ1n) is 11.1. The summed E-state index contributed by atoms with van der Waals surface area (Å²) in [5.74, 6) is -4.07. The van der Waals surface area contributed by atoms with Crippen LogP contribution < -0.4 is 5.32 Å². The predicted molar refractivity (Wildman–Crippen MR) is 137 cm³/mol. The second-order valence-corrected chi connectivity index (χ2v) is 8.43. The molecule has 0 aromatic heterocycles. The van der Waals surface area contributed by atoms with Crippen LogP contribution in [-0.4, -0.2) is 77.6 Å². The van der Waals surface area contributed by atoms with Crippen LogP contribution in [0.1, 0.15) is 27.1 Å². The second kappa shape index (κ2) is 13.9. The third kappa shape index (κ3) is 7.97. The summed E-state index contributed by atoms with van der Waals surface area (Å²) >= 11 is 4.09. The Morgan fingerprint density at radius 1 is 0.973 bits per heavy atom. The second-order valence-electron chi connectivity index (χ2n) is 7.88. The lowest BCUT2D eigenvalue weighted by molar-refractivity contribution is -0.137. The van der Waals surface area contributed by atoms with Gasteiger partial charge in [0.15, 0.2) is 0 Å². The van der Waals surface area contributed by atoms with E-state index in [1.807, 2.05) is 0 Å². The zero-order chi connectivity index (χ0) is 27.5. The molecule has 0 spiro atoms. The van der Waals surface area contributed by atoms with Gasteiger partial charge in [0.2, 0.25) is 5.91 Å². The summed E-state index contributed by atoms with van der Waals surface area (Å²) in [5.41, 5.74) is -0.0387. The highest BCUT2D eigenvalue weighted by Gasteiger charge is 2.44. The van der Waals surface area contributed by atoms with E-state index in [2.05, 4.69) is 37.7 Å². The minimum atomic E-state index is -1.19. The van der Waals surface area contributed by atoms with Crippen LogP contribution in [0.5, 0.6) is 0 Å². The number of nitrogens with one attached hydrogen (secondary N) is 1. The van der Waals surface area contributed by atoms with Crippen LogP contribution in [0.4, 0.5) is 10.5 Å². The maximum atomic E-state index is 13.2. The fourth-order valence-electron chi connectivity index (χ4n) is 3.56. The number of carbonyl (C=O) groups excluding carboxylic acids is 4. The number of benzene rings is 1. The van der Waals surface area contributed by atoms with E-state index in [1.165, 1.54) is 36.4 Å². The number of carboxylic acids is 1. The molecule has 1 saturated heterocycles. The number of hydrogen-bond donors (Lipinski definition) is 3. The number of aliphatic carboxylic acids is 1. The smallest absolute Gasteiger partial charge is 0.410 e. The van der Waals surface area contributed by atoms with E-state index in [9.17, 15) is 29.1 Å². The number of anilines is 1. The lowest BCUT2D eigenvalue weighted by Gasteiger charge is -2.23. The molecular formula is C25H28N2O9S. The fraction of sp³-hybridized carbons (Fsp3) is 0.320. The monoisotopic (exact) mass is 532 g/mol. The third-order valence-corrected chi connectivity index (χ3v) is 5.87. The van der Waals surface area contributed by atoms with Crippen molar-refractivity contribution in [2.75, 3.05) is 31.7 Å². The number of nitrogens with zero attached hydrogens (tertiary/aromatic N) is 1. The number of amides is 2. The number of carbonyl (C=O) groups is 5. The lowest BCUT2D eigenvalue weighted by Crippen LogP contribution is -2.43.